The van der Waals surface area contributed by atoms with Gasteiger partial charge in [0.25, 0.3) is 0 Å². The summed E-state index contributed by atoms with van der Waals surface area (Å²) < 4.78 is 1.91. The van der Waals surface area contributed by atoms with E-state index in [1.165, 1.54) is 11.3 Å². The van der Waals surface area contributed by atoms with Crippen molar-refractivity contribution in [3.05, 3.63) is 52.9 Å². The first-order chi connectivity index (χ1) is 12.7. The number of aryl methyl sites for hydroxylation is 2. The van der Waals surface area contributed by atoms with Crippen molar-refractivity contribution in [2.75, 3.05) is 18.4 Å². The van der Waals surface area contributed by atoms with Gasteiger partial charge in [0, 0.05) is 48.5 Å². The Morgan fingerprint density at radius 2 is 2.12 bits per heavy atom. The van der Waals surface area contributed by atoms with Crippen LogP contribution in [0, 0.1) is 6.92 Å². The fraction of sp³-hybridized carbons (Fsp3) is 0.421. The highest BCUT2D eigenvalue weighted by Crippen LogP contribution is 2.29. The molecule has 0 atom stereocenters. The van der Waals surface area contributed by atoms with E-state index in [1.807, 2.05) is 23.2 Å². The maximum absolute atomic E-state index is 4.82. The van der Waals surface area contributed by atoms with Gasteiger partial charge in [0.1, 0.15) is 5.82 Å². The van der Waals surface area contributed by atoms with E-state index in [1.54, 1.807) is 17.5 Å². The van der Waals surface area contributed by atoms with Crippen molar-refractivity contribution in [1.29, 1.82) is 0 Å². The first-order valence-corrected chi connectivity index (χ1v) is 9.90. The standard InChI is InChI=1S/C19H24N6S/c1-14-16(12-24(2)23-14)13-25-9-6-15(7-10-25)17-4-3-5-18(21-17)22-19-20-8-11-26-19/h3-5,8,11-12,15H,6-7,9-10,13H2,1-2H3,(H,20,21,22). The van der Waals surface area contributed by atoms with Gasteiger partial charge < -0.3 is 5.32 Å². The molecule has 7 heteroatoms. The van der Waals surface area contributed by atoms with E-state index < -0.39 is 0 Å². The van der Waals surface area contributed by atoms with Crippen LogP contribution in [-0.2, 0) is 13.6 Å². The average molecular weight is 369 g/mol. The molecule has 1 aliphatic heterocycles. The minimum atomic E-state index is 0.527. The van der Waals surface area contributed by atoms with Gasteiger partial charge in [-0.05, 0) is 45.0 Å². The highest BCUT2D eigenvalue weighted by molar-refractivity contribution is 7.13. The molecule has 0 amide bonds. The van der Waals surface area contributed by atoms with Crippen molar-refractivity contribution in [2.45, 2.75) is 32.2 Å². The van der Waals surface area contributed by atoms with E-state index in [0.29, 0.717) is 5.92 Å². The third kappa shape index (κ3) is 3.94. The molecule has 136 valence electrons. The van der Waals surface area contributed by atoms with Crippen LogP contribution in [-0.4, -0.2) is 37.7 Å². The van der Waals surface area contributed by atoms with Gasteiger partial charge in [0.15, 0.2) is 5.13 Å². The smallest absolute Gasteiger partial charge is 0.188 e. The molecule has 0 radical (unpaired) electrons. The Morgan fingerprint density at radius 3 is 2.81 bits per heavy atom. The van der Waals surface area contributed by atoms with Gasteiger partial charge in [0.2, 0.25) is 0 Å². The number of rotatable bonds is 5. The van der Waals surface area contributed by atoms with E-state index >= 15 is 0 Å². The minimum Gasteiger partial charge on any atom is -0.316 e. The number of hydrogen-bond acceptors (Lipinski definition) is 6. The summed E-state index contributed by atoms with van der Waals surface area (Å²) in [6, 6.07) is 6.24. The van der Waals surface area contributed by atoms with Crippen molar-refractivity contribution in [3.63, 3.8) is 0 Å². The van der Waals surface area contributed by atoms with Gasteiger partial charge in [0.05, 0.1) is 5.69 Å². The summed E-state index contributed by atoms with van der Waals surface area (Å²) in [6.07, 6.45) is 6.23. The molecule has 0 bridgehead atoms. The molecule has 0 spiro atoms. The van der Waals surface area contributed by atoms with Crippen molar-refractivity contribution in [2.24, 2.45) is 7.05 Å². The molecule has 0 aliphatic carbocycles. The Bertz CT molecular complexity index is 849. The number of hydrogen-bond donors (Lipinski definition) is 1. The van der Waals surface area contributed by atoms with Crippen LogP contribution in [0.25, 0.3) is 0 Å². The Labute approximate surface area is 157 Å². The molecule has 1 aliphatic rings. The van der Waals surface area contributed by atoms with Crippen LogP contribution < -0.4 is 5.32 Å². The lowest BCUT2D eigenvalue weighted by molar-refractivity contribution is 0.203. The lowest BCUT2D eigenvalue weighted by Crippen LogP contribution is -2.32. The number of thiazole rings is 1. The predicted octanol–water partition coefficient (Wildman–Crippen LogP) is 3.70. The van der Waals surface area contributed by atoms with Crippen LogP contribution in [0.2, 0.25) is 0 Å². The molecule has 0 saturated carbocycles. The fourth-order valence-corrected chi connectivity index (χ4v) is 4.11. The molecule has 0 aromatic carbocycles. The lowest BCUT2D eigenvalue weighted by atomic mass is 9.93. The van der Waals surface area contributed by atoms with E-state index in [-0.39, 0.29) is 0 Å². The number of nitrogens with one attached hydrogen (secondary N) is 1. The molecule has 1 saturated heterocycles. The molecular formula is C19H24N6S. The van der Waals surface area contributed by atoms with Crippen molar-refractivity contribution in [1.82, 2.24) is 24.6 Å². The van der Waals surface area contributed by atoms with Gasteiger partial charge in [-0.1, -0.05) is 6.07 Å². The largest absolute Gasteiger partial charge is 0.316 e. The van der Waals surface area contributed by atoms with E-state index in [4.69, 9.17) is 4.98 Å². The molecule has 1 fully saturated rings. The summed E-state index contributed by atoms with van der Waals surface area (Å²) in [5, 5.41) is 10.6. The second-order valence-electron chi connectivity index (χ2n) is 6.87. The molecule has 0 unspecified atom stereocenters. The van der Waals surface area contributed by atoms with Crippen molar-refractivity contribution in [3.8, 4) is 0 Å². The molecular weight excluding hydrogens is 344 g/mol. The minimum absolute atomic E-state index is 0.527. The van der Waals surface area contributed by atoms with Crippen molar-refractivity contribution < 1.29 is 0 Å². The highest BCUT2D eigenvalue weighted by Gasteiger charge is 2.22. The average Bonchev–Trinajstić information content (AvgIpc) is 3.25. The fourth-order valence-electron chi connectivity index (χ4n) is 3.57. The maximum atomic E-state index is 4.82. The summed E-state index contributed by atoms with van der Waals surface area (Å²) >= 11 is 1.59. The van der Waals surface area contributed by atoms with Crippen LogP contribution in [0.15, 0.2) is 36.0 Å². The maximum Gasteiger partial charge on any atom is 0.188 e. The number of aromatic nitrogens is 4. The number of pyridine rings is 1. The molecule has 1 N–H and O–H groups in total. The highest BCUT2D eigenvalue weighted by atomic mass is 32.1. The molecule has 26 heavy (non-hydrogen) atoms. The SMILES string of the molecule is Cc1nn(C)cc1CN1CCC(c2cccc(Nc3nccs3)n2)CC1. The number of piperidine rings is 1. The lowest BCUT2D eigenvalue weighted by Gasteiger charge is -2.31. The molecule has 3 aromatic rings. The van der Waals surface area contributed by atoms with Gasteiger partial charge in [-0.3, -0.25) is 9.58 Å². The van der Waals surface area contributed by atoms with Crippen LogP contribution in [0.3, 0.4) is 0 Å². The second-order valence-corrected chi connectivity index (χ2v) is 7.77. The third-order valence-electron chi connectivity index (χ3n) is 4.95. The Morgan fingerprint density at radius 1 is 1.27 bits per heavy atom. The number of anilines is 2. The van der Waals surface area contributed by atoms with Crippen molar-refractivity contribution >= 4 is 22.3 Å². The molecule has 4 heterocycles. The van der Waals surface area contributed by atoms with Crippen LogP contribution in [0.1, 0.15) is 35.7 Å². The van der Waals surface area contributed by atoms with Crippen LogP contribution in [0.4, 0.5) is 10.9 Å². The van der Waals surface area contributed by atoms with E-state index in [9.17, 15) is 0 Å². The quantitative estimate of drug-likeness (QED) is 0.744. The van der Waals surface area contributed by atoms with Crippen LogP contribution in [0.5, 0.6) is 0 Å². The summed E-state index contributed by atoms with van der Waals surface area (Å²) in [6.45, 7) is 5.29. The first-order valence-electron chi connectivity index (χ1n) is 9.02. The topological polar surface area (TPSA) is 58.9 Å². The van der Waals surface area contributed by atoms with E-state index in [2.05, 4.69) is 45.6 Å². The Balaban J connectivity index is 1.36. The van der Waals surface area contributed by atoms with Gasteiger partial charge in [-0.15, -0.1) is 11.3 Å². The Hall–Kier alpha value is -2.25. The second kappa shape index (κ2) is 7.55. The summed E-state index contributed by atoms with van der Waals surface area (Å²) in [5.74, 6) is 1.41. The first kappa shape index (κ1) is 17.2. The zero-order valence-electron chi connectivity index (χ0n) is 15.2. The summed E-state index contributed by atoms with van der Waals surface area (Å²) in [4.78, 5) is 11.6. The van der Waals surface area contributed by atoms with Gasteiger partial charge >= 0.3 is 0 Å². The molecule has 3 aromatic heterocycles. The Kier molecular flexibility index (Phi) is 4.99. The zero-order valence-corrected chi connectivity index (χ0v) is 16.0. The van der Waals surface area contributed by atoms with E-state index in [0.717, 1.165) is 49.1 Å². The molecule has 4 rings (SSSR count). The predicted molar refractivity (Wildman–Crippen MR) is 105 cm³/mol. The van der Waals surface area contributed by atoms with Crippen LogP contribution >= 0.6 is 11.3 Å². The zero-order chi connectivity index (χ0) is 17.9. The normalized spacial score (nSPS) is 16.1. The third-order valence-corrected chi connectivity index (χ3v) is 5.64. The number of nitrogens with zero attached hydrogens (tertiary/aromatic N) is 5. The van der Waals surface area contributed by atoms with Gasteiger partial charge in [-0.25, -0.2) is 9.97 Å². The monoisotopic (exact) mass is 368 g/mol. The summed E-state index contributed by atoms with van der Waals surface area (Å²) in [7, 11) is 1.99. The number of likely N-dealkylation sites (tertiary alicyclic amines) is 1. The van der Waals surface area contributed by atoms with Gasteiger partial charge in [-0.2, -0.15) is 5.10 Å². The summed E-state index contributed by atoms with van der Waals surface area (Å²) in [5.41, 5.74) is 3.65. The molecule has 6 nitrogen and oxygen atoms in total.